The maximum Gasteiger partial charge on any atom is 0.0803 e. The number of benzene rings is 1. The molecule has 0 heterocycles. The van der Waals surface area contributed by atoms with E-state index in [4.69, 9.17) is 27.9 Å². The Morgan fingerprint density at radius 3 is 2.50 bits per heavy atom. The summed E-state index contributed by atoms with van der Waals surface area (Å²) in [7, 11) is 3.69. The van der Waals surface area contributed by atoms with Gasteiger partial charge in [0, 0.05) is 23.2 Å². The Morgan fingerprint density at radius 2 is 2.06 bits per heavy atom. The van der Waals surface area contributed by atoms with Gasteiger partial charge in [-0.2, -0.15) is 0 Å². The van der Waals surface area contributed by atoms with E-state index in [1.165, 1.54) is 0 Å². The Morgan fingerprint density at radius 1 is 1.39 bits per heavy atom. The number of nitrogens with one attached hydrogen (secondary N) is 1. The van der Waals surface area contributed by atoms with Crippen LogP contribution in [0.1, 0.15) is 25.8 Å². The second kappa shape index (κ2) is 6.76. The molecular formula is C14H21Cl2NO. The summed E-state index contributed by atoms with van der Waals surface area (Å²) in [5.74, 6) is 0. The van der Waals surface area contributed by atoms with Crippen molar-refractivity contribution < 1.29 is 4.74 Å². The Bertz CT molecular complexity index is 391. The van der Waals surface area contributed by atoms with Crippen LogP contribution in [0, 0.1) is 0 Å². The quantitative estimate of drug-likeness (QED) is 0.857. The molecule has 0 fully saturated rings. The third-order valence-electron chi connectivity index (χ3n) is 3.69. The first-order chi connectivity index (χ1) is 8.46. The highest BCUT2D eigenvalue weighted by atomic mass is 35.5. The Balaban J connectivity index is 2.92. The van der Waals surface area contributed by atoms with Gasteiger partial charge in [0.15, 0.2) is 0 Å². The van der Waals surface area contributed by atoms with Crippen molar-refractivity contribution in [2.75, 3.05) is 14.2 Å². The van der Waals surface area contributed by atoms with Crippen molar-refractivity contribution in [2.45, 2.75) is 38.3 Å². The fourth-order valence-corrected chi connectivity index (χ4v) is 2.55. The molecule has 2 unspecified atom stereocenters. The summed E-state index contributed by atoms with van der Waals surface area (Å²) in [5, 5.41) is 4.69. The van der Waals surface area contributed by atoms with E-state index in [1.807, 2.05) is 19.2 Å². The molecule has 0 aliphatic heterocycles. The second-order valence-electron chi connectivity index (χ2n) is 4.65. The number of hydrogen-bond donors (Lipinski definition) is 1. The van der Waals surface area contributed by atoms with Crippen molar-refractivity contribution in [2.24, 2.45) is 0 Å². The molecule has 0 aromatic heterocycles. The molecule has 0 amide bonds. The van der Waals surface area contributed by atoms with Gasteiger partial charge in [0.1, 0.15) is 0 Å². The van der Waals surface area contributed by atoms with E-state index in [-0.39, 0.29) is 11.6 Å². The summed E-state index contributed by atoms with van der Waals surface area (Å²) in [4.78, 5) is 0. The van der Waals surface area contributed by atoms with Crippen molar-refractivity contribution >= 4 is 23.2 Å². The van der Waals surface area contributed by atoms with E-state index in [0.29, 0.717) is 10.0 Å². The predicted molar refractivity (Wildman–Crippen MR) is 78.7 cm³/mol. The maximum absolute atomic E-state index is 6.21. The first kappa shape index (κ1) is 15.8. The SMILES string of the molecule is CCC(C)(OC)C(Cc1ccc(Cl)cc1Cl)NC. The molecule has 0 saturated heterocycles. The lowest BCUT2D eigenvalue weighted by Gasteiger charge is -2.36. The third kappa shape index (κ3) is 3.61. The molecule has 0 saturated carbocycles. The van der Waals surface area contributed by atoms with Gasteiger partial charge in [-0.15, -0.1) is 0 Å². The number of rotatable bonds is 6. The average molecular weight is 290 g/mol. The van der Waals surface area contributed by atoms with Crippen LogP contribution in [0.5, 0.6) is 0 Å². The summed E-state index contributed by atoms with van der Waals surface area (Å²) in [6.07, 6.45) is 1.74. The van der Waals surface area contributed by atoms with E-state index in [9.17, 15) is 0 Å². The van der Waals surface area contributed by atoms with Crippen LogP contribution in [0.2, 0.25) is 10.0 Å². The summed E-state index contributed by atoms with van der Waals surface area (Å²) in [6.45, 7) is 4.23. The normalized spacial score (nSPS) is 16.3. The van der Waals surface area contributed by atoms with Gasteiger partial charge in [-0.1, -0.05) is 36.2 Å². The zero-order valence-electron chi connectivity index (χ0n) is 11.4. The first-order valence-electron chi connectivity index (χ1n) is 6.13. The zero-order chi connectivity index (χ0) is 13.8. The highest BCUT2D eigenvalue weighted by Crippen LogP contribution is 2.27. The van der Waals surface area contributed by atoms with E-state index < -0.39 is 0 Å². The topological polar surface area (TPSA) is 21.3 Å². The number of halogens is 2. The predicted octanol–water partition coefficient (Wildman–Crippen LogP) is 3.94. The van der Waals surface area contributed by atoms with Gasteiger partial charge in [0.25, 0.3) is 0 Å². The molecule has 0 spiro atoms. The van der Waals surface area contributed by atoms with Crippen LogP contribution in [-0.2, 0) is 11.2 Å². The van der Waals surface area contributed by atoms with Crippen LogP contribution in [0.4, 0.5) is 0 Å². The van der Waals surface area contributed by atoms with E-state index in [0.717, 1.165) is 18.4 Å². The maximum atomic E-state index is 6.21. The number of ether oxygens (including phenoxy) is 1. The molecule has 1 aromatic carbocycles. The van der Waals surface area contributed by atoms with Crippen LogP contribution in [0.15, 0.2) is 18.2 Å². The van der Waals surface area contributed by atoms with Crippen molar-refractivity contribution in [1.82, 2.24) is 5.32 Å². The zero-order valence-corrected chi connectivity index (χ0v) is 12.9. The lowest BCUT2D eigenvalue weighted by atomic mass is 9.88. The second-order valence-corrected chi connectivity index (χ2v) is 5.50. The number of hydrogen-bond acceptors (Lipinski definition) is 2. The molecule has 0 aliphatic rings. The molecular weight excluding hydrogens is 269 g/mol. The van der Waals surface area contributed by atoms with Gasteiger partial charge >= 0.3 is 0 Å². The van der Waals surface area contributed by atoms with E-state index in [1.54, 1.807) is 13.2 Å². The fraction of sp³-hybridized carbons (Fsp3) is 0.571. The smallest absolute Gasteiger partial charge is 0.0803 e. The number of methoxy groups -OCH3 is 1. The molecule has 1 rings (SSSR count). The largest absolute Gasteiger partial charge is 0.377 e. The summed E-state index contributed by atoms with van der Waals surface area (Å²) in [6, 6.07) is 5.82. The van der Waals surface area contributed by atoms with E-state index >= 15 is 0 Å². The number of likely N-dealkylation sites (N-methyl/N-ethyl adjacent to an activating group) is 1. The molecule has 18 heavy (non-hydrogen) atoms. The molecule has 0 aliphatic carbocycles. The Labute approximate surface area is 120 Å². The van der Waals surface area contributed by atoms with Crippen LogP contribution < -0.4 is 5.32 Å². The first-order valence-corrected chi connectivity index (χ1v) is 6.88. The molecule has 0 radical (unpaired) electrons. The van der Waals surface area contributed by atoms with E-state index in [2.05, 4.69) is 19.2 Å². The van der Waals surface area contributed by atoms with Crippen LogP contribution >= 0.6 is 23.2 Å². The standard InChI is InChI=1S/C14H21Cl2NO/c1-5-14(2,18-4)13(17-3)8-10-6-7-11(15)9-12(10)16/h6-7,9,13,17H,5,8H2,1-4H3. The van der Waals surface area contributed by atoms with Gasteiger partial charge in [-0.05, 0) is 44.5 Å². The van der Waals surface area contributed by atoms with Gasteiger partial charge in [0.2, 0.25) is 0 Å². The van der Waals surface area contributed by atoms with Gasteiger partial charge in [-0.25, -0.2) is 0 Å². The van der Waals surface area contributed by atoms with Gasteiger partial charge < -0.3 is 10.1 Å². The average Bonchev–Trinajstić information content (AvgIpc) is 2.37. The highest BCUT2D eigenvalue weighted by molar-refractivity contribution is 6.35. The van der Waals surface area contributed by atoms with Gasteiger partial charge in [0.05, 0.1) is 5.60 Å². The Kier molecular flexibility index (Phi) is 5.93. The van der Waals surface area contributed by atoms with Crippen molar-refractivity contribution in [3.8, 4) is 0 Å². The van der Waals surface area contributed by atoms with Crippen molar-refractivity contribution in [3.05, 3.63) is 33.8 Å². The molecule has 4 heteroatoms. The van der Waals surface area contributed by atoms with Crippen LogP contribution in [0.25, 0.3) is 0 Å². The highest BCUT2D eigenvalue weighted by Gasteiger charge is 2.31. The van der Waals surface area contributed by atoms with Crippen LogP contribution in [-0.4, -0.2) is 25.8 Å². The lowest BCUT2D eigenvalue weighted by Crippen LogP contribution is -2.49. The monoisotopic (exact) mass is 289 g/mol. The lowest BCUT2D eigenvalue weighted by molar-refractivity contribution is -0.0268. The Hall–Kier alpha value is -0.280. The van der Waals surface area contributed by atoms with Crippen LogP contribution in [0.3, 0.4) is 0 Å². The third-order valence-corrected chi connectivity index (χ3v) is 4.28. The summed E-state index contributed by atoms with van der Waals surface area (Å²) < 4.78 is 5.64. The molecule has 2 atom stereocenters. The minimum absolute atomic E-state index is 0.200. The summed E-state index contributed by atoms with van der Waals surface area (Å²) >= 11 is 12.1. The molecule has 0 bridgehead atoms. The minimum Gasteiger partial charge on any atom is -0.377 e. The molecule has 1 N–H and O–H groups in total. The molecule has 102 valence electrons. The van der Waals surface area contributed by atoms with Gasteiger partial charge in [-0.3, -0.25) is 0 Å². The van der Waals surface area contributed by atoms with Crippen molar-refractivity contribution in [1.29, 1.82) is 0 Å². The summed E-state index contributed by atoms with van der Waals surface area (Å²) in [5.41, 5.74) is 0.870. The minimum atomic E-state index is -0.211. The fourth-order valence-electron chi connectivity index (χ4n) is 2.06. The molecule has 1 aromatic rings. The van der Waals surface area contributed by atoms with Crippen molar-refractivity contribution in [3.63, 3.8) is 0 Å². The molecule has 2 nitrogen and oxygen atoms in total.